The number of carbonyl (C=O) groups is 1. The molecule has 1 aromatic heterocycles. The van der Waals surface area contributed by atoms with Crippen molar-refractivity contribution < 1.29 is 19.0 Å². The van der Waals surface area contributed by atoms with Gasteiger partial charge in [-0.2, -0.15) is 0 Å². The third-order valence-electron chi connectivity index (χ3n) is 5.44. The molecular weight excluding hydrogens is 390 g/mol. The molecule has 2 unspecified atom stereocenters. The standard InChI is InChI=1S/C21H27N3O4S/c1-13-15(3)24(10-17-5-4-8-26-17)21(23-13)29-11-20(25)22-14(2)16-6-7-18-19(9-16)28-12-27-18/h6-7,9,14,17H,4-5,8,10-12H2,1-3H3,(H,22,25). The highest BCUT2D eigenvalue weighted by Gasteiger charge is 2.21. The second-order valence-electron chi connectivity index (χ2n) is 7.50. The number of imidazole rings is 1. The van der Waals surface area contributed by atoms with Gasteiger partial charge < -0.3 is 24.1 Å². The highest BCUT2D eigenvalue weighted by atomic mass is 32.2. The summed E-state index contributed by atoms with van der Waals surface area (Å²) < 4.78 is 18.7. The van der Waals surface area contributed by atoms with Crippen LogP contribution in [0, 0.1) is 13.8 Å². The van der Waals surface area contributed by atoms with Crippen LogP contribution in [0.4, 0.5) is 0 Å². The van der Waals surface area contributed by atoms with Crippen molar-refractivity contribution in [3.8, 4) is 11.5 Å². The Morgan fingerprint density at radius 1 is 1.34 bits per heavy atom. The average molecular weight is 418 g/mol. The zero-order valence-corrected chi connectivity index (χ0v) is 17.9. The molecule has 7 nitrogen and oxygen atoms in total. The van der Waals surface area contributed by atoms with Crippen molar-refractivity contribution in [2.24, 2.45) is 0 Å². The number of nitrogens with one attached hydrogen (secondary N) is 1. The van der Waals surface area contributed by atoms with Gasteiger partial charge in [0.1, 0.15) is 0 Å². The van der Waals surface area contributed by atoms with E-state index < -0.39 is 0 Å². The van der Waals surface area contributed by atoms with Crippen LogP contribution in [0.2, 0.25) is 0 Å². The van der Waals surface area contributed by atoms with Gasteiger partial charge in [-0.1, -0.05) is 17.8 Å². The summed E-state index contributed by atoms with van der Waals surface area (Å²) in [6.45, 7) is 7.92. The normalized spacial score (nSPS) is 18.8. The fourth-order valence-corrected chi connectivity index (χ4v) is 4.53. The van der Waals surface area contributed by atoms with Gasteiger partial charge in [0.25, 0.3) is 0 Å². The van der Waals surface area contributed by atoms with E-state index in [0.29, 0.717) is 5.75 Å². The summed E-state index contributed by atoms with van der Waals surface area (Å²) >= 11 is 1.47. The molecule has 1 fully saturated rings. The zero-order valence-electron chi connectivity index (χ0n) is 17.1. The van der Waals surface area contributed by atoms with Crippen LogP contribution in [0.15, 0.2) is 23.4 Å². The Kier molecular flexibility index (Phi) is 6.01. The van der Waals surface area contributed by atoms with Crippen molar-refractivity contribution in [1.29, 1.82) is 0 Å². The van der Waals surface area contributed by atoms with Crippen molar-refractivity contribution in [2.75, 3.05) is 19.2 Å². The van der Waals surface area contributed by atoms with Crippen LogP contribution in [0.25, 0.3) is 0 Å². The first-order valence-electron chi connectivity index (χ1n) is 9.98. The number of ether oxygens (including phenoxy) is 3. The van der Waals surface area contributed by atoms with Crippen molar-refractivity contribution in [1.82, 2.24) is 14.9 Å². The van der Waals surface area contributed by atoms with Gasteiger partial charge in [0.05, 0.1) is 30.1 Å². The summed E-state index contributed by atoms with van der Waals surface area (Å²) in [5.41, 5.74) is 3.12. The molecular formula is C21H27N3O4S. The van der Waals surface area contributed by atoms with Crippen LogP contribution in [0.5, 0.6) is 11.5 Å². The molecule has 2 aliphatic heterocycles. The molecule has 156 valence electrons. The van der Waals surface area contributed by atoms with E-state index in [9.17, 15) is 4.79 Å². The molecule has 1 saturated heterocycles. The second-order valence-corrected chi connectivity index (χ2v) is 8.44. The Bertz CT molecular complexity index is 892. The molecule has 1 N–H and O–H groups in total. The topological polar surface area (TPSA) is 74.6 Å². The molecule has 0 aliphatic carbocycles. The summed E-state index contributed by atoms with van der Waals surface area (Å²) in [6, 6.07) is 5.63. The molecule has 2 aromatic rings. The number of hydrogen-bond acceptors (Lipinski definition) is 6. The molecule has 0 spiro atoms. The zero-order chi connectivity index (χ0) is 20.4. The third kappa shape index (κ3) is 4.53. The number of aryl methyl sites for hydroxylation is 1. The Morgan fingerprint density at radius 3 is 2.97 bits per heavy atom. The van der Waals surface area contributed by atoms with Crippen LogP contribution < -0.4 is 14.8 Å². The van der Waals surface area contributed by atoms with Gasteiger partial charge in [0, 0.05) is 12.3 Å². The van der Waals surface area contributed by atoms with Gasteiger partial charge in [-0.05, 0) is 51.3 Å². The summed E-state index contributed by atoms with van der Waals surface area (Å²) in [4.78, 5) is 17.2. The van der Waals surface area contributed by atoms with Gasteiger partial charge in [-0.25, -0.2) is 4.98 Å². The van der Waals surface area contributed by atoms with Gasteiger partial charge in [0.2, 0.25) is 12.7 Å². The number of benzene rings is 1. The highest BCUT2D eigenvalue weighted by Crippen LogP contribution is 2.34. The molecule has 29 heavy (non-hydrogen) atoms. The minimum Gasteiger partial charge on any atom is -0.454 e. The van der Waals surface area contributed by atoms with E-state index in [1.54, 1.807) is 0 Å². The van der Waals surface area contributed by atoms with Gasteiger partial charge in [-0.15, -0.1) is 0 Å². The van der Waals surface area contributed by atoms with E-state index in [2.05, 4.69) is 21.8 Å². The first-order valence-corrected chi connectivity index (χ1v) is 11.0. The van der Waals surface area contributed by atoms with E-state index in [1.165, 1.54) is 11.8 Å². The SMILES string of the molecule is Cc1nc(SCC(=O)NC(C)c2ccc3c(c2)OCO3)n(CC2CCCO2)c1C. The largest absolute Gasteiger partial charge is 0.454 e. The number of amides is 1. The van der Waals surface area contributed by atoms with Crippen molar-refractivity contribution in [2.45, 2.75) is 57.5 Å². The molecule has 1 amide bonds. The Balaban J connectivity index is 1.35. The molecule has 2 atom stereocenters. The quantitative estimate of drug-likeness (QED) is 0.696. The van der Waals surface area contributed by atoms with Crippen LogP contribution in [0.3, 0.4) is 0 Å². The molecule has 4 rings (SSSR count). The lowest BCUT2D eigenvalue weighted by atomic mass is 10.1. The van der Waals surface area contributed by atoms with E-state index >= 15 is 0 Å². The van der Waals surface area contributed by atoms with Crippen LogP contribution >= 0.6 is 11.8 Å². The molecule has 8 heteroatoms. The predicted octanol–water partition coefficient (Wildman–Crippen LogP) is 3.38. The van der Waals surface area contributed by atoms with Crippen molar-refractivity contribution in [3.05, 3.63) is 35.2 Å². The third-order valence-corrected chi connectivity index (χ3v) is 6.42. The van der Waals surface area contributed by atoms with Crippen molar-refractivity contribution in [3.63, 3.8) is 0 Å². The number of rotatable bonds is 7. The highest BCUT2D eigenvalue weighted by molar-refractivity contribution is 7.99. The minimum atomic E-state index is -0.118. The number of carbonyl (C=O) groups excluding carboxylic acids is 1. The van der Waals surface area contributed by atoms with Gasteiger partial charge >= 0.3 is 0 Å². The number of fused-ring (bicyclic) bond motifs is 1. The maximum Gasteiger partial charge on any atom is 0.231 e. The molecule has 0 saturated carbocycles. The monoisotopic (exact) mass is 417 g/mol. The van der Waals surface area contributed by atoms with Crippen molar-refractivity contribution >= 4 is 17.7 Å². The van der Waals surface area contributed by atoms with E-state index in [0.717, 1.165) is 59.6 Å². The Labute approximate surface area is 175 Å². The molecule has 0 radical (unpaired) electrons. The average Bonchev–Trinajstić information content (AvgIpc) is 3.43. The molecule has 1 aromatic carbocycles. The lowest BCUT2D eigenvalue weighted by Crippen LogP contribution is -2.28. The smallest absolute Gasteiger partial charge is 0.231 e. The molecule has 2 aliphatic rings. The number of thioether (sulfide) groups is 1. The van der Waals surface area contributed by atoms with Gasteiger partial charge in [0.15, 0.2) is 16.7 Å². The molecule has 3 heterocycles. The second kappa shape index (κ2) is 8.67. The summed E-state index contributed by atoms with van der Waals surface area (Å²) in [6.07, 6.45) is 2.43. The summed E-state index contributed by atoms with van der Waals surface area (Å²) in [5, 5.41) is 3.93. The number of aromatic nitrogens is 2. The first-order chi connectivity index (χ1) is 14.0. The van der Waals surface area contributed by atoms with E-state index in [1.807, 2.05) is 32.0 Å². The fourth-order valence-electron chi connectivity index (χ4n) is 3.62. The Morgan fingerprint density at radius 2 is 2.17 bits per heavy atom. The lowest BCUT2D eigenvalue weighted by Gasteiger charge is -2.16. The maximum atomic E-state index is 12.5. The fraction of sp³-hybridized carbons (Fsp3) is 0.524. The minimum absolute atomic E-state index is 0.0258. The van der Waals surface area contributed by atoms with E-state index in [-0.39, 0.29) is 24.8 Å². The first kappa shape index (κ1) is 20.1. The maximum absolute atomic E-state index is 12.5. The Hall–Kier alpha value is -2.19. The van der Waals surface area contributed by atoms with Crippen LogP contribution in [0.1, 0.15) is 42.8 Å². The molecule has 0 bridgehead atoms. The van der Waals surface area contributed by atoms with Crippen LogP contribution in [-0.4, -0.2) is 40.7 Å². The number of hydrogen-bond donors (Lipinski definition) is 1. The lowest BCUT2D eigenvalue weighted by molar-refractivity contribution is -0.119. The summed E-state index contributed by atoms with van der Waals surface area (Å²) in [5.74, 6) is 1.75. The van der Waals surface area contributed by atoms with Gasteiger partial charge in [-0.3, -0.25) is 4.79 Å². The summed E-state index contributed by atoms with van der Waals surface area (Å²) in [7, 11) is 0. The number of nitrogens with zero attached hydrogens (tertiary/aromatic N) is 2. The van der Waals surface area contributed by atoms with E-state index in [4.69, 9.17) is 14.2 Å². The predicted molar refractivity (Wildman–Crippen MR) is 111 cm³/mol. The van der Waals surface area contributed by atoms with Crippen LogP contribution in [-0.2, 0) is 16.1 Å².